The molecule has 0 amide bonds. The highest BCUT2D eigenvalue weighted by Gasteiger charge is 2.39. The van der Waals surface area contributed by atoms with Crippen LogP contribution in [0.15, 0.2) is 48.6 Å². The van der Waals surface area contributed by atoms with Crippen molar-refractivity contribution in [3.63, 3.8) is 0 Å². The highest BCUT2D eigenvalue weighted by molar-refractivity contribution is 5.95. The summed E-state index contributed by atoms with van der Waals surface area (Å²) < 4.78 is 22.0. The molecule has 6 nitrogen and oxygen atoms in total. The van der Waals surface area contributed by atoms with Crippen molar-refractivity contribution in [2.75, 3.05) is 36.4 Å². The van der Waals surface area contributed by atoms with Gasteiger partial charge in [0.2, 0.25) is 0 Å². The van der Waals surface area contributed by atoms with Gasteiger partial charge >= 0.3 is 0 Å². The van der Waals surface area contributed by atoms with Crippen molar-refractivity contribution < 1.29 is 5.76 Å². The van der Waals surface area contributed by atoms with Crippen LogP contribution in [0.5, 0.6) is 0 Å². The number of alkyl halides is 1. The summed E-state index contributed by atoms with van der Waals surface area (Å²) in [6, 6.07) is 16.5. The summed E-state index contributed by atoms with van der Waals surface area (Å²) in [5, 5.41) is 16.9. The van der Waals surface area contributed by atoms with E-state index in [2.05, 4.69) is 56.6 Å². The van der Waals surface area contributed by atoms with Crippen LogP contribution in [0.2, 0.25) is 0 Å². The fraction of sp³-hybridized carbons (Fsp3) is 0.385. The van der Waals surface area contributed by atoms with Gasteiger partial charge in [-0.25, -0.2) is 4.39 Å². The van der Waals surface area contributed by atoms with Gasteiger partial charge in [-0.15, -0.1) is 0 Å². The molecule has 168 valence electrons. The molecule has 0 bridgehead atoms. The number of fused-ring (bicyclic) bond motifs is 4. The molecule has 3 aliphatic heterocycles. The first-order valence-electron chi connectivity index (χ1n) is 12.1. The number of benzene rings is 2. The van der Waals surface area contributed by atoms with Crippen LogP contribution in [0.1, 0.15) is 31.0 Å². The minimum absolute atomic E-state index is 0.168. The average molecular weight is 444 g/mol. The molecule has 1 aromatic heterocycles. The van der Waals surface area contributed by atoms with E-state index in [0.29, 0.717) is 30.2 Å². The molecule has 0 radical (unpaired) electrons. The highest BCUT2D eigenvalue weighted by atomic mass is 19.1. The Morgan fingerprint density at radius 3 is 2.97 bits per heavy atom. The number of aromatic nitrogens is 1. The van der Waals surface area contributed by atoms with Crippen LogP contribution in [-0.4, -0.2) is 54.3 Å². The maximum atomic E-state index is 14.1. The van der Waals surface area contributed by atoms with Crippen LogP contribution in [0.4, 0.5) is 15.8 Å². The third-order valence-electron chi connectivity index (χ3n) is 7.35. The Labute approximate surface area is 194 Å². The van der Waals surface area contributed by atoms with Gasteiger partial charge < -0.3 is 15.5 Å². The fourth-order valence-corrected chi connectivity index (χ4v) is 5.69. The normalized spacial score (nSPS) is 27.2. The van der Waals surface area contributed by atoms with Gasteiger partial charge in [0.25, 0.3) is 0 Å². The minimum atomic E-state index is -0.865. The summed E-state index contributed by atoms with van der Waals surface area (Å²) in [5.74, 6) is 0. The first-order valence-corrected chi connectivity index (χ1v) is 11.6. The van der Waals surface area contributed by atoms with E-state index in [-0.39, 0.29) is 18.3 Å². The van der Waals surface area contributed by atoms with Crippen molar-refractivity contribution >= 4 is 22.3 Å². The zero-order chi connectivity index (χ0) is 23.4. The first kappa shape index (κ1) is 19.3. The number of halogens is 1. The van der Waals surface area contributed by atoms with Crippen molar-refractivity contribution in [2.45, 2.75) is 37.8 Å². The summed E-state index contributed by atoms with van der Waals surface area (Å²) in [5.41, 5.74) is 5.76. The molecular weight excluding hydrogens is 415 g/mol. The van der Waals surface area contributed by atoms with Crippen LogP contribution in [-0.2, 0) is 6.54 Å². The number of nitrogens with one attached hydrogen (secondary N) is 2. The molecule has 2 saturated heterocycles. The molecule has 3 aromatic rings. The smallest absolute Gasteiger partial charge is 0.134 e. The van der Waals surface area contributed by atoms with E-state index >= 15 is 0 Å². The van der Waals surface area contributed by atoms with Gasteiger partial charge in [-0.05, 0) is 54.4 Å². The lowest BCUT2D eigenvalue weighted by Crippen LogP contribution is -2.51. The number of piperazine rings is 1. The van der Waals surface area contributed by atoms with E-state index in [1.165, 1.54) is 11.1 Å². The summed E-state index contributed by atoms with van der Waals surface area (Å²) in [6.07, 6.45) is -0.697. The summed E-state index contributed by atoms with van der Waals surface area (Å²) in [4.78, 5) is 9.29. The van der Waals surface area contributed by atoms with Crippen molar-refractivity contribution in [3.8, 4) is 6.07 Å². The average Bonchev–Trinajstić information content (AvgIpc) is 3.41. The number of hydrogen-bond acceptors (Lipinski definition) is 6. The molecule has 2 N–H and O–H groups in total. The predicted octanol–water partition coefficient (Wildman–Crippen LogP) is 3.59. The molecule has 2 aromatic carbocycles. The van der Waals surface area contributed by atoms with Gasteiger partial charge in [-0.3, -0.25) is 9.88 Å². The van der Waals surface area contributed by atoms with Crippen molar-refractivity contribution in [3.05, 3.63) is 65.3 Å². The lowest BCUT2D eigenvalue weighted by Gasteiger charge is -2.43. The number of hydrogen-bond donors (Lipinski definition) is 2. The van der Waals surface area contributed by atoms with E-state index in [4.69, 9.17) is 1.37 Å². The number of nitriles is 1. The SMILES string of the molecule is [2H]c1ccc2c(N3C[C@@H](C)N4Cc5cc(N[C@H]6CNC[C@H]6F)ccc5[C@H]4C3)ccc(C#N)c2n1. The molecule has 3 aliphatic rings. The second-order valence-electron chi connectivity index (χ2n) is 9.36. The van der Waals surface area contributed by atoms with Crippen LogP contribution < -0.4 is 15.5 Å². The molecule has 6 rings (SSSR count). The molecular formula is C26H27FN6. The van der Waals surface area contributed by atoms with E-state index in [9.17, 15) is 9.65 Å². The van der Waals surface area contributed by atoms with Gasteiger partial charge in [0.05, 0.1) is 24.5 Å². The Bertz CT molecular complexity index is 1310. The third-order valence-corrected chi connectivity index (χ3v) is 7.35. The molecule has 0 aliphatic carbocycles. The van der Waals surface area contributed by atoms with Crippen LogP contribution >= 0.6 is 0 Å². The monoisotopic (exact) mass is 443 g/mol. The Hall–Kier alpha value is -3.21. The minimum Gasteiger partial charge on any atom is -0.378 e. The van der Waals surface area contributed by atoms with Crippen LogP contribution in [0.25, 0.3) is 10.9 Å². The van der Waals surface area contributed by atoms with Gasteiger partial charge in [0.15, 0.2) is 0 Å². The zero-order valence-electron chi connectivity index (χ0n) is 19.6. The molecule has 0 saturated carbocycles. The van der Waals surface area contributed by atoms with Crippen molar-refractivity contribution in [1.29, 1.82) is 5.26 Å². The lowest BCUT2D eigenvalue weighted by atomic mass is 9.99. The van der Waals surface area contributed by atoms with E-state index < -0.39 is 6.17 Å². The highest BCUT2D eigenvalue weighted by Crippen LogP contribution is 2.42. The first-order chi connectivity index (χ1) is 16.5. The summed E-state index contributed by atoms with van der Waals surface area (Å²) >= 11 is 0. The van der Waals surface area contributed by atoms with Crippen LogP contribution in [0, 0.1) is 11.3 Å². The van der Waals surface area contributed by atoms with Gasteiger partial charge in [-0.2, -0.15) is 5.26 Å². The van der Waals surface area contributed by atoms with E-state index in [0.717, 1.165) is 36.4 Å². The molecule has 4 heterocycles. The number of pyridine rings is 1. The molecule has 0 unspecified atom stereocenters. The zero-order valence-corrected chi connectivity index (χ0v) is 18.6. The van der Waals surface area contributed by atoms with Gasteiger partial charge in [0, 0.05) is 61.7 Å². The quantitative estimate of drug-likeness (QED) is 0.645. The topological polar surface area (TPSA) is 67.2 Å². The molecule has 33 heavy (non-hydrogen) atoms. The van der Waals surface area contributed by atoms with E-state index in [1.54, 1.807) is 6.07 Å². The Kier molecular flexibility index (Phi) is 4.66. The summed E-state index contributed by atoms with van der Waals surface area (Å²) in [6.45, 7) is 5.92. The number of nitrogens with zero attached hydrogens (tertiary/aromatic N) is 4. The van der Waals surface area contributed by atoms with Crippen molar-refractivity contribution in [1.82, 2.24) is 15.2 Å². The largest absolute Gasteiger partial charge is 0.378 e. The molecule has 2 fully saturated rings. The summed E-state index contributed by atoms with van der Waals surface area (Å²) in [7, 11) is 0. The Balaban J connectivity index is 1.30. The maximum absolute atomic E-state index is 14.1. The molecule has 4 atom stereocenters. The fourth-order valence-electron chi connectivity index (χ4n) is 5.69. The Morgan fingerprint density at radius 2 is 2.15 bits per heavy atom. The molecule has 0 spiro atoms. The van der Waals surface area contributed by atoms with Gasteiger partial charge in [-0.1, -0.05) is 6.07 Å². The second-order valence-corrected chi connectivity index (χ2v) is 9.36. The standard InChI is InChI=1S/C26H27FN6/c1-16-13-32(24-7-4-17(10-28)26-21(24)3-2-8-30-26)15-25-20-6-5-19(9-18(20)14-33(16)25)31-23-12-29-11-22(23)27/h2-9,16,22-23,25,29,31H,11-15H2,1H3/t16-,22-,23+,25-/m1/s1/i8D. The van der Waals surface area contributed by atoms with Gasteiger partial charge in [0.1, 0.15) is 12.2 Å². The number of anilines is 2. The molecule has 7 heteroatoms. The predicted molar refractivity (Wildman–Crippen MR) is 128 cm³/mol. The number of rotatable bonds is 3. The van der Waals surface area contributed by atoms with Crippen molar-refractivity contribution in [2.24, 2.45) is 0 Å². The lowest BCUT2D eigenvalue weighted by molar-refractivity contribution is 0.134. The maximum Gasteiger partial charge on any atom is 0.134 e. The second kappa shape index (κ2) is 7.98. The third kappa shape index (κ3) is 3.41. The van der Waals surface area contributed by atoms with E-state index in [1.807, 2.05) is 18.2 Å². The Morgan fingerprint density at radius 1 is 1.24 bits per heavy atom. The van der Waals surface area contributed by atoms with Crippen LogP contribution in [0.3, 0.4) is 0 Å².